The number of methoxy groups -OCH3 is 2. The number of nitrogens with zero attached hydrogens (tertiary/aromatic N) is 2. The predicted octanol–water partition coefficient (Wildman–Crippen LogP) is 5.51. The molecule has 1 aliphatic carbocycles. The molecule has 0 N–H and O–H groups in total. The van der Waals surface area contributed by atoms with E-state index in [0.29, 0.717) is 52.4 Å². The molecule has 33 heavy (non-hydrogen) atoms. The summed E-state index contributed by atoms with van der Waals surface area (Å²) in [4.78, 5) is 20.4. The quantitative estimate of drug-likeness (QED) is 0.412. The van der Waals surface area contributed by atoms with Crippen LogP contribution in [0, 0.1) is 24.5 Å². The number of amides is 1. The molecule has 3 aromatic rings. The number of ether oxygens (including phenoxy) is 2. The number of carbonyl (C=O) groups is 1. The van der Waals surface area contributed by atoms with Crippen LogP contribution in [0.15, 0.2) is 36.4 Å². The Morgan fingerprint density at radius 3 is 2.52 bits per heavy atom. The van der Waals surface area contributed by atoms with Crippen LogP contribution >= 0.6 is 11.3 Å². The fraction of sp³-hybridized carbons (Fsp3) is 0.360. The third kappa shape index (κ3) is 5.33. The van der Waals surface area contributed by atoms with Gasteiger partial charge in [-0.3, -0.25) is 4.79 Å². The van der Waals surface area contributed by atoms with Gasteiger partial charge in [-0.2, -0.15) is 0 Å². The number of rotatable bonds is 9. The van der Waals surface area contributed by atoms with Crippen molar-refractivity contribution < 1.29 is 23.0 Å². The summed E-state index contributed by atoms with van der Waals surface area (Å²) in [6.45, 7) is 2.97. The van der Waals surface area contributed by atoms with Crippen LogP contribution in [0.1, 0.15) is 33.9 Å². The minimum absolute atomic E-state index is 0.188. The molecule has 1 aliphatic rings. The van der Waals surface area contributed by atoms with Crippen LogP contribution in [0.5, 0.6) is 11.5 Å². The lowest BCUT2D eigenvalue weighted by Gasteiger charge is -2.23. The van der Waals surface area contributed by atoms with E-state index in [4.69, 9.17) is 9.47 Å². The first-order chi connectivity index (χ1) is 15.9. The molecule has 0 unspecified atom stereocenters. The Kier molecular flexibility index (Phi) is 6.93. The molecule has 1 aromatic heterocycles. The van der Waals surface area contributed by atoms with Crippen molar-refractivity contribution in [3.05, 3.63) is 64.3 Å². The molecule has 1 fully saturated rings. The Labute approximate surface area is 196 Å². The maximum absolute atomic E-state index is 13.9. The summed E-state index contributed by atoms with van der Waals surface area (Å²) in [6.07, 6.45) is 2.85. The van der Waals surface area contributed by atoms with Crippen molar-refractivity contribution in [2.75, 3.05) is 27.3 Å². The van der Waals surface area contributed by atoms with Crippen molar-refractivity contribution >= 4 is 17.2 Å². The largest absolute Gasteiger partial charge is 0.493 e. The second-order valence-corrected chi connectivity index (χ2v) is 9.38. The van der Waals surface area contributed by atoms with E-state index >= 15 is 0 Å². The van der Waals surface area contributed by atoms with Gasteiger partial charge in [0.1, 0.15) is 5.69 Å². The topological polar surface area (TPSA) is 51.7 Å². The zero-order valence-electron chi connectivity index (χ0n) is 18.9. The maximum Gasteiger partial charge on any atom is 0.274 e. The third-order valence-corrected chi connectivity index (χ3v) is 6.72. The lowest BCUT2D eigenvalue weighted by atomic mass is 10.1. The standard InChI is InChI=1S/C25H26F2N2O3S/c1-15-28-23(24(33-15)18-7-8-19(26)20(27)13-18)25(30)29(14-17-4-5-17)11-10-16-6-9-21(31-2)22(12-16)32-3/h6-9,12-13,17H,4-5,10-11,14H2,1-3H3. The van der Waals surface area contributed by atoms with Gasteiger partial charge in [0, 0.05) is 13.1 Å². The van der Waals surface area contributed by atoms with E-state index in [1.54, 1.807) is 21.1 Å². The van der Waals surface area contributed by atoms with Crippen LogP contribution in [-0.4, -0.2) is 43.1 Å². The van der Waals surface area contributed by atoms with E-state index in [1.165, 1.54) is 17.4 Å². The van der Waals surface area contributed by atoms with Gasteiger partial charge in [-0.1, -0.05) is 12.1 Å². The highest BCUT2D eigenvalue weighted by Gasteiger charge is 2.30. The highest BCUT2D eigenvalue weighted by Crippen LogP contribution is 2.34. The number of thiazole rings is 1. The molecule has 1 heterocycles. The van der Waals surface area contributed by atoms with E-state index in [1.807, 2.05) is 23.1 Å². The van der Waals surface area contributed by atoms with Gasteiger partial charge in [-0.05, 0) is 67.5 Å². The SMILES string of the molecule is COc1ccc(CCN(CC2CC2)C(=O)c2nc(C)sc2-c2ccc(F)c(F)c2)cc1OC. The maximum atomic E-state index is 13.9. The van der Waals surface area contributed by atoms with Crippen LogP contribution in [0.4, 0.5) is 8.78 Å². The van der Waals surface area contributed by atoms with Gasteiger partial charge in [-0.15, -0.1) is 11.3 Å². The van der Waals surface area contributed by atoms with Crippen LogP contribution in [-0.2, 0) is 6.42 Å². The highest BCUT2D eigenvalue weighted by atomic mass is 32.1. The second-order valence-electron chi connectivity index (χ2n) is 8.17. The zero-order chi connectivity index (χ0) is 23.5. The van der Waals surface area contributed by atoms with Crippen molar-refractivity contribution in [3.63, 3.8) is 0 Å². The minimum Gasteiger partial charge on any atom is -0.493 e. The Bertz CT molecular complexity index is 1160. The van der Waals surface area contributed by atoms with Gasteiger partial charge in [0.15, 0.2) is 23.1 Å². The number of benzene rings is 2. The van der Waals surface area contributed by atoms with E-state index in [0.717, 1.165) is 30.5 Å². The molecule has 0 saturated heterocycles. The number of hydrogen-bond donors (Lipinski definition) is 0. The lowest BCUT2D eigenvalue weighted by Crippen LogP contribution is -2.35. The Morgan fingerprint density at radius 2 is 1.85 bits per heavy atom. The lowest BCUT2D eigenvalue weighted by molar-refractivity contribution is 0.0745. The molecule has 0 bridgehead atoms. The number of aromatic nitrogens is 1. The molecule has 2 aromatic carbocycles. The first-order valence-electron chi connectivity index (χ1n) is 10.8. The highest BCUT2D eigenvalue weighted by molar-refractivity contribution is 7.15. The van der Waals surface area contributed by atoms with E-state index < -0.39 is 11.6 Å². The molecule has 5 nitrogen and oxygen atoms in total. The van der Waals surface area contributed by atoms with Gasteiger partial charge < -0.3 is 14.4 Å². The molecule has 0 radical (unpaired) electrons. The van der Waals surface area contributed by atoms with Gasteiger partial charge in [0.25, 0.3) is 5.91 Å². The van der Waals surface area contributed by atoms with Crippen molar-refractivity contribution in [2.45, 2.75) is 26.2 Å². The average Bonchev–Trinajstić information content (AvgIpc) is 3.56. The fourth-order valence-electron chi connectivity index (χ4n) is 3.74. The molecule has 0 aliphatic heterocycles. The molecule has 1 saturated carbocycles. The molecular weight excluding hydrogens is 446 g/mol. The van der Waals surface area contributed by atoms with E-state index in [-0.39, 0.29) is 11.6 Å². The second kappa shape index (κ2) is 9.87. The van der Waals surface area contributed by atoms with Crippen molar-refractivity contribution in [1.29, 1.82) is 0 Å². The number of aryl methyl sites for hydroxylation is 1. The van der Waals surface area contributed by atoms with Crippen molar-refractivity contribution in [3.8, 4) is 21.9 Å². The van der Waals surface area contributed by atoms with Crippen LogP contribution < -0.4 is 9.47 Å². The van der Waals surface area contributed by atoms with E-state index in [9.17, 15) is 13.6 Å². The van der Waals surface area contributed by atoms with Gasteiger partial charge >= 0.3 is 0 Å². The molecule has 8 heteroatoms. The molecule has 1 amide bonds. The van der Waals surface area contributed by atoms with Crippen molar-refractivity contribution in [2.24, 2.45) is 5.92 Å². The number of hydrogen-bond acceptors (Lipinski definition) is 5. The Morgan fingerprint density at radius 1 is 1.09 bits per heavy atom. The molecule has 174 valence electrons. The van der Waals surface area contributed by atoms with Crippen LogP contribution in [0.2, 0.25) is 0 Å². The molecular formula is C25H26F2N2O3S. The molecule has 0 spiro atoms. The van der Waals surface area contributed by atoms with E-state index in [2.05, 4.69) is 4.98 Å². The fourth-order valence-corrected chi connectivity index (χ4v) is 4.65. The summed E-state index contributed by atoms with van der Waals surface area (Å²) in [7, 11) is 3.18. The minimum atomic E-state index is -0.944. The van der Waals surface area contributed by atoms with Gasteiger partial charge in [0.05, 0.1) is 24.1 Å². The Balaban J connectivity index is 1.58. The smallest absolute Gasteiger partial charge is 0.274 e. The summed E-state index contributed by atoms with van der Waals surface area (Å²) < 4.78 is 38.0. The number of halogens is 2. The number of carbonyl (C=O) groups excluding carboxylic acids is 1. The average molecular weight is 473 g/mol. The summed E-state index contributed by atoms with van der Waals surface area (Å²) >= 11 is 1.31. The Hall–Kier alpha value is -3.00. The monoisotopic (exact) mass is 472 g/mol. The first-order valence-corrected chi connectivity index (χ1v) is 11.6. The summed E-state index contributed by atoms with van der Waals surface area (Å²) in [5, 5.41) is 0.698. The molecule has 4 rings (SSSR count). The normalized spacial score (nSPS) is 13.1. The van der Waals surface area contributed by atoms with Gasteiger partial charge in [-0.25, -0.2) is 13.8 Å². The molecule has 0 atom stereocenters. The van der Waals surface area contributed by atoms with Crippen LogP contribution in [0.25, 0.3) is 10.4 Å². The summed E-state index contributed by atoms with van der Waals surface area (Å²) in [6, 6.07) is 9.41. The third-order valence-electron chi connectivity index (χ3n) is 5.70. The summed E-state index contributed by atoms with van der Waals surface area (Å²) in [5.74, 6) is -0.261. The van der Waals surface area contributed by atoms with Crippen LogP contribution in [0.3, 0.4) is 0 Å². The zero-order valence-corrected chi connectivity index (χ0v) is 19.7. The van der Waals surface area contributed by atoms with Gasteiger partial charge in [0.2, 0.25) is 0 Å². The first kappa shape index (κ1) is 23.2. The predicted molar refractivity (Wildman–Crippen MR) is 124 cm³/mol. The van der Waals surface area contributed by atoms with Crippen molar-refractivity contribution in [1.82, 2.24) is 9.88 Å². The summed E-state index contributed by atoms with van der Waals surface area (Å²) in [5.41, 5.74) is 1.77.